The van der Waals surface area contributed by atoms with E-state index in [9.17, 15) is 4.79 Å². The number of carbonyl (C=O) groups excluding carboxylic acids is 1. The quantitative estimate of drug-likeness (QED) is 0.752. The molecule has 1 heterocycles. The van der Waals surface area contributed by atoms with Gasteiger partial charge in [0.2, 0.25) is 0 Å². The smallest absolute Gasteiger partial charge is 0.143 e. The zero-order chi connectivity index (χ0) is 10.4. The molecule has 1 unspecified atom stereocenters. The maximum absolute atomic E-state index is 11.6. The molecule has 0 amide bonds. The van der Waals surface area contributed by atoms with E-state index in [1.54, 1.807) is 12.3 Å². The van der Waals surface area contributed by atoms with E-state index in [-0.39, 0.29) is 11.7 Å². The van der Waals surface area contributed by atoms with E-state index in [1.165, 1.54) is 0 Å². The van der Waals surface area contributed by atoms with Crippen molar-refractivity contribution in [1.82, 2.24) is 0 Å². The third-order valence-electron chi connectivity index (χ3n) is 2.32. The van der Waals surface area contributed by atoms with Gasteiger partial charge >= 0.3 is 0 Å². The molecule has 0 radical (unpaired) electrons. The number of rotatable bonds is 6. The minimum atomic E-state index is 0.0867. The monoisotopic (exact) mass is 195 g/mol. The Hall–Kier alpha value is -1.09. The van der Waals surface area contributed by atoms with Crippen LogP contribution in [0, 0.1) is 5.92 Å². The van der Waals surface area contributed by atoms with Crippen molar-refractivity contribution >= 4 is 5.78 Å². The van der Waals surface area contributed by atoms with Crippen LogP contribution in [-0.4, -0.2) is 12.3 Å². The first-order valence-electron chi connectivity index (χ1n) is 4.99. The summed E-state index contributed by atoms with van der Waals surface area (Å²) in [5.74, 6) is 1.06. The summed E-state index contributed by atoms with van der Waals surface area (Å²) < 4.78 is 5.11. The third kappa shape index (κ3) is 3.34. The molecule has 0 aromatic carbocycles. The Labute approximate surface area is 84.3 Å². The predicted molar refractivity (Wildman–Crippen MR) is 54.9 cm³/mol. The molecule has 0 fully saturated rings. The van der Waals surface area contributed by atoms with Crippen molar-refractivity contribution in [2.45, 2.75) is 26.2 Å². The standard InChI is InChI=1S/C11H17NO2/c1-9(4-2-6-12)11(13)8-10-5-3-7-14-10/h3,5,7,9H,2,4,6,8,12H2,1H3. The molecule has 0 saturated heterocycles. The number of nitrogens with two attached hydrogens (primary N) is 1. The topological polar surface area (TPSA) is 56.2 Å². The van der Waals surface area contributed by atoms with Gasteiger partial charge in [-0.3, -0.25) is 4.79 Å². The fraction of sp³-hybridized carbons (Fsp3) is 0.545. The Morgan fingerprint density at radius 3 is 3.00 bits per heavy atom. The molecule has 78 valence electrons. The van der Waals surface area contributed by atoms with Crippen molar-refractivity contribution in [3.63, 3.8) is 0 Å². The van der Waals surface area contributed by atoms with E-state index in [0.29, 0.717) is 13.0 Å². The average Bonchev–Trinajstić information content (AvgIpc) is 2.66. The van der Waals surface area contributed by atoms with Gasteiger partial charge in [0.1, 0.15) is 11.5 Å². The first-order valence-corrected chi connectivity index (χ1v) is 4.99. The Bertz CT molecular complexity index is 267. The fourth-order valence-electron chi connectivity index (χ4n) is 1.34. The summed E-state index contributed by atoms with van der Waals surface area (Å²) in [5, 5.41) is 0. The maximum atomic E-state index is 11.6. The molecule has 1 atom stereocenters. The summed E-state index contributed by atoms with van der Waals surface area (Å²) >= 11 is 0. The van der Waals surface area contributed by atoms with E-state index in [0.717, 1.165) is 18.6 Å². The van der Waals surface area contributed by atoms with Crippen LogP contribution in [0.1, 0.15) is 25.5 Å². The average molecular weight is 195 g/mol. The fourth-order valence-corrected chi connectivity index (χ4v) is 1.34. The largest absolute Gasteiger partial charge is 0.469 e. The van der Waals surface area contributed by atoms with Gasteiger partial charge < -0.3 is 10.2 Å². The highest BCUT2D eigenvalue weighted by molar-refractivity contribution is 5.82. The lowest BCUT2D eigenvalue weighted by Crippen LogP contribution is -2.14. The minimum Gasteiger partial charge on any atom is -0.469 e. The molecule has 2 N–H and O–H groups in total. The Balaban J connectivity index is 2.34. The number of furan rings is 1. The SMILES string of the molecule is CC(CCCN)C(=O)Cc1ccco1. The zero-order valence-electron chi connectivity index (χ0n) is 8.53. The highest BCUT2D eigenvalue weighted by Crippen LogP contribution is 2.11. The lowest BCUT2D eigenvalue weighted by Gasteiger charge is -2.07. The van der Waals surface area contributed by atoms with Crippen LogP contribution in [0.25, 0.3) is 0 Å². The molecule has 1 aromatic rings. The summed E-state index contributed by atoms with van der Waals surface area (Å²) in [6.45, 7) is 2.60. The molecule has 0 aliphatic heterocycles. The van der Waals surface area contributed by atoms with Crippen molar-refractivity contribution in [3.8, 4) is 0 Å². The van der Waals surface area contributed by atoms with Gasteiger partial charge in [-0.1, -0.05) is 6.92 Å². The second-order valence-electron chi connectivity index (χ2n) is 3.55. The van der Waals surface area contributed by atoms with Gasteiger partial charge in [-0.05, 0) is 31.5 Å². The summed E-state index contributed by atoms with van der Waals surface area (Å²) in [6, 6.07) is 3.63. The summed E-state index contributed by atoms with van der Waals surface area (Å²) in [6.07, 6.45) is 3.77. The number of ketones is 1. The van der Waals surface area contributed by atoms with Crippen molar-refractivity contribution in [2.24, 2.45) is 11.7 Å². The second-order valence-corrected chi connectivity index (χ2v) is 3.55. The van der Waals surface area contributed by atoms with Gasteiger partial charge in [-0.15, -0.1) is 0 Å². The van der Waals surface area contributed by atoms with Gasteiger partial charge in [-0.2, -0.15) is 0 Å². The van der Waals surface area contributed by atoms with E-state index in [4.69, 9.17) is 10.2 Å². The van der Waals surface area contributed by atoms with Crippen LogP contribution in [0.4, 0.5) is 0 Å². The van der Waals surface area contributed by atoms with Crippen LogP contribution in [-0.2, 0) is 11.2 Å². The van der Waals surface area contributed by atoms with E-state index >= 15 is 0 Å². The molecule has 1 rings (SSSR count). The van der Waals surface area contributed by atoms with Crippen molar-refractivity contribution < 1.29 is 9.21 Å². The molecule has 3 nitrogen and oxygen atoms in total. The molecule has 0 saturated carbocycles. The highest BCUT2D eigenvalue weighted by atomic mass is 16.3. The van der Waals surface area contributed by atoms with Crippen LogP contribution in [0.2, 0.25) is 0 Å². The van der Waals surface area contributed by atoms with Crippen LogP contribution in [0.5, 0.6) is 0 Å². The molecule has 14 heavy (non-hydrogen) atoms. The van der Waals surface area contributed by atoms with Crippen LogP contribution < -0.4 is 5.73 Å². The third-order valence-corrected chi connectivity index (χ3v) is 2.32. The molecular weight excluding hydrogens is 178 g/mol. The Morgan fingerprint density at radius 2 is 2.43 bits per heavy atom. The van der Waals surface area contributed by atoms with Crippen LogP contribution in [0.3, 0.4) is 0 Å². The maximum Gasteiger partial charge on any atom is 0.143 e. The molecule has 0 aliphatic rings. The van der Waals surface area contributed by atoms with Gasteiger partial charge in [0.25, 0.3) is 0 Å². The molecule has 1 aromatic heterocycles. The number of hydrogen-bond acceptors (Lipinski definition) is 3. The summed E-state index contributed by atoms with van der Waals surface area (Å²) in [7, 11) is 0. The summed E-state index contributed by atoms with van der Waals surface area (Å²) in [5.41, 5.74) is 5.38. The van der Waals surface area contributed by atoms with Gasteiger partial charge in [-0.25, -0.2) is 0 Å². The number of carbonyl (C=O) groups is 1. The van der Waals surface area contributed by atoms with Gasteiger partial charge in [0.15, 0.2) is 0 Å². The van der Waals surface area contributed by atoms with Crippen LogP contribution >= 0.6 is 0 Å². The lowest BCUT2D eigenvalue weighted by atomic mass is 9.97. The van der Waals surface area contributed by atoms with Gasteiger partial charge in [0.05, 0.1) is 12.7 Å². The Kier molecular flexibility index (Phi) is 4.40. The summed E-state index contributed by atoms with van der Waals surface area (Å²) in [4.78, 5) is 11.6. The molecule has 0 aliphatic carbocycles. The Morgan fingerprint density at radius 1 is 1.64 bits per heavy atom. The normalized spacial score (nSPS) is 12.7. The van der Waals surface area contributed by atoms with Gasteiger partial charge in [0, 0.05) is 5.92 Å². The van der Waals surface area contributed by atoms with Crippen LogP contribution in [0.15, 0.2) is 22.8 Å². The van der Waals surface area contributed by atoms with E-state index in [1.807, 2.05) is 13.0 Å². The van der Waals surface area contributed by atoms with Crippen molar-refractivity contribution in [1.29, 1.82) is 0 Å². The van der Waals surface area contributed by atoms with E-state index in [2.05, 4.69) is 0 Å². The molecule has 3 heteroatoms. The minimum absolute atomic E-state index is 0.0867. The van der Waals surface area contributed by atoms with Crippen molar-refractivity contribution in [3.05, 3.63) is 24.2 Å². The molecule has 0 spiro atoms. The predicted octanol–water partition coefficient (Wildman–Crippen LogP) is 1.77. The first-order chi connectivity index (χ1) is 6.74. The number of hydrogen-bond donors (Lipinski definition) is 1. The zero-order valence-corrected chi connectivity index (χ0v) is 8.53. The lowest BCUT2D eigenvalue weighted by molar-refractivity contribution is -0.122. The molecule has 0 bridgehead atoms. The van der Waals surface area contributed by atoms with E-state index < -0.39 is 0 Å². The highest BCUT2D eigenvalue weighted by Gasteiger charge is 2.13. The van der Waals surface area contributed by atoms with Crippen molar-refractivity contribution in [2.75, 3.05) is 6.54 Å². The first kappa shape index (κ1) is 11.0. The second kappa shape index (κ2) is 5.60. The molecular formula is C11H17NO2. The number of Topliss-reactive ketones (excluding diaryl/α,β-unsaturated/α-hetero) is 1.